The summed E-state index contributed by atoms with van der Waals surface area (Å²) in [6.45, 7) is 3.81. The Kier molecular flexibility index (Phi) is 6.98. The molecule has 27 heavy (non-hydrogen) atoms. The summed E-state index contributed by atoms with van der Waals surface area (Å²) in [5, 5.41) is 2.83. The molecule has 0 unspecified atom stereocenters. The number of hydrogen-bond donors (Lipinski definition) is 1. The molecule has 2 aromatic carbocycles. The SMILES string of the molecule is COc1ccc(CCN(CC(=O)Nc2c(C)cccc2C)S(C)(=O)=O)cc1. The molecule has 0 aliphatic carbocycles. The molecule has 0 saturated heterocycles. The number of carbonyl (C=O) groups excluding carboxylic acids is 1. The van der Waals surface area contributed by atoms with E-state index in [4.69, 9.17) is 4.74 Å². The van der Waals surface area contributed by atoms with Crippen LogP contribution in [-0.4, -0.2) is 45.1 Å². The van der Waals surface area contributed by atoms with Crippen molar-refractivity contribution in [2.24, 2.45) is 0 Å². The third-order valence-electron chi connectivity index (χ3n) is 4.34. The van der Waals surface area contributed by atoms with Crippen LogP contribution in [-0.2, 0) is 21.2 Å². The van der Waals surface area contributed by atoms with Crippen LogP contribution in [0.25, 0.3) is 0 Å². The number of carbonyl (C=O) groups is 1. The number of ether oxygens (including phenoxy) is 1. The van der Waals surface area contributed by atoms with Gasteiger partial charge in [0.05, 0.1) is 19.9 Å². The molecule has 0 heterocycles. The normalized spacial score (nSPS) is 11.4. The second-order valence-electron chi connectivity index (χ2n) is 6.51. The van der Waals surface area contributed by atoms with E-state index in [1.165, 1.54) is 4.31 Å². The number of anilines is 1. The fraction of sp³-hybridized carbons (Fsp3) is 0.350. The highest BCUT2D eigenvalue weighted by molar-refractivity contribution is 7.88. The molecule has 1 N–H and O–H groups in total. The van der Waals surface area contributed by atoms with Gasteiger partial charge in [0.1, 0.15) is 5.75 Å². The quantitative estimate of drug-likeness (QED) is 0.752. The number of para-hydroxylation sites is 1. The largest absolute Gasteiger partial charge is 0.497 e. The van der Waals surface area contributed by atoms with E-state index in [-0.39, 0.29) is 19.0 Å². The molecule has 0 aliphatic heterocycles. The van der Waals surface area contributed by atoms with E-state index < -0.39 is 10.0 Å². The Bertz CT molecular complexity index is 872. The standard InChI is InChI=1S/C20H26N2O4S/c1-15-6-5-7-16(2)20(15)21-19(23)14-22(27(4,24)25)13-12-17-8-10-18(26-3)11-9-17/h5-11H,12-14H2,1-4H3,(H,21,23). The van der Waals surface area contributed by atoms with E-state index in [0.717, 1.165) is 34.4 Å². The summed E-state index contributed by atoms with van der Waals surface area (Å²) in [6, 6.07) is 13.1. The van der Waals surface area contributed by atoms with Crippen LogP contribution in [0.3, 0.4) is 0 Å². The molecule has 0 saturated carbocycles. The third-order valence-corrected chi connectivity index (χ3v) is 5.59. The Morgan fingerprint density at radius 1 is 1.07 bits per heavy atom. The van der Waals surface area contributed by atoms with Crippen molar-refractivity contribution in [1.29, 1.82) is 0 Å². The van der Waals surface area contributed by atoms with Gasteiger partial charge >= 0.3 is 0 Å². The Balaban J connectivity index is 2.04. The second kappa shape index (κ2) is 9.01. The average Bonchev–Trinajstić information content (AvgIpc) is 2.61. The van der Waals surface area contributed by atoms with Crippen LogP contribution in [0.4, 0.5) is 5.69 Å². The van der Waals surface area contributed by atoms with Gasteiger partial charge in [0.25, 0.3) is 0 Å². The van der Waals surface area contributed by atoms with Crippen molar-refractivity contribution in [3.05, 3.63) is 59.2 Å². The minimum atomic E-state index is -3.51. The Hall–Kier alpha value is -2.38. The van der Waals surface area contributed by atoms with Gasteiger partial charge in [-0.1, -0.05) is 30.3 Å². The van der Waals surface area contributed by atoms with Crippen LogP contribution in [0.15, 0.2) is 42.5 Å². The number of aryl methyl sites for hydroxylation is 2. The summed E-state index contributed by atoms with van der Waals surface area (Å²) in [5.41, 5.74) is 3.57. The number of rotatable bonds is 8. The van der Waals surface area contributed by atoms with E-state index in [0.29, 0.717) is 6.42 Å². The molecule has 1 amide bonds. The summed E-state index contributed by atoms with van der Waals surface area (Å²) >= 11 is 0. The molecule has 0 fully saturated rings. The molecule has 7 heteroatoms. The first-order valence-electron chi connectivity index (χ1n) is 8.65. The summed E-state index contributed by atoms with van der Waals surface area (Å²) in [4.78, 5) is 12.4. The second-order valence-corrected chi connectivity index (χ2v) is 8.49. The van der Waals surface area contributed by atoms with Crippen molar-refractivity contribution in [3.63, 3.8) is 0 Å². The number of methoxy groups -OCH3 is 1. The Morgan fingerprint density at radius 3 is 2.19 bits per heavy atom. The minimum Gasteiger partial charge on any atom is -0.497 e. The molecule has 0 aromatic heterocycles. The summed E-state index contributed by atoms with van der Waals surface area (Å²) in [6.07, 6.45) is 1.63. The zero-order valence-corrected chi connectivity index (χ0v) is 17.0. The lowest BCUT2D eigenvalue weighted by Crippen LogP contribution is -2.38. The maximum absolute atomic E-state index is 12.4. The minimum absolute atomic E-state index is 0.219. The molecule has 6 nitrogen and oxygen atoms in total. The van der Waals surface area contributed by atoms with Crippen molar-refractivity contribution < 1.29 is 17.9 Å². The van der Waals surface area contributed by atoms with Gasteiger partial charge in [-0.3, -0.25) is 4.79 Å². The summed E-state index contributed by atoms with van der Waals surface area (Å²) in [5.74, 6) is 0.388. The predicted molar refractivity (Wildman–Crippen MR) is 108 cm³/mol. The molecule has 0 spiro atoms. The molecule has 0 aliphatic rings. The molecule has 2 aromatic rings. The van der Waals surface area contributed by atoms with Crippen LogP contribution < -0.4 is 10.1 Å². The van der Waals surface area contributed by atoms with E-state index in [9.17, 15) is 13.2 Å². The molecule has 2 rings (SSSR count). The van der Waals surface area contributed by atoms with Crippen molar-refractivity contribution in [2.75, 3.05) is 31.8 Å². The number of nitrogens with zero attached hydrogens (tertiary/aromatic N) is 1. The summed E-state index contributed by atoms with van der Waals surface area (Å²) < 4.78 is 30.5. The first kappa shape index (κ1) is 20.9. The Labute approximate surface area is 161 Å². The van der Waals surface area contributed by atoms with Crippen LogP contribution in [0.1, 0.15) is 16.7 Å². The molecular weight excluding hydrogens is 364 g/mol. The molecule has 146 valence electrons. The fourth-order valence-electron chi connectivity index (χ4n) is 2.76. The molecule has 0 radical (unpaired) electrons. The molecule has 0 atom stereocenters. The van der Waals surface area contributed by atoms with Gasteiger partial charge < -0.3 is 10.1 Å². The zero-order valence-electron chi connectivity index (χ0n) is 16.2. The lowest BCUT2D eigenvalue weighted by atomic mass is 10.1. The highest BCUT2D eigenvalue weighted by Gasteiger charge is 2.20. The van der Waals surface area contributed by atoms with Gasteiger partial charge in [0, 0.05) is 12.2 Å². The summed E-state index contributed by atoms with van der Waals surface area (Å²) in [7, 11) is -1.92. The topological polar surface area (TPSA) is 75.7 Å². The van der Waals surface area contributed by atoms with Gasteiger partial charge in [-0.2, -0.15) is 4.31 Å². The van der Waals surface area contributed by atoms with E-state index in [1.807, 2.05) is 56.3 Å². The number of sulfonamides is 1. The van der Waals surface area contributed by atoms with Crippen LogP contribution in [0, 0.1) is 13.8 Å². The number of hydrogen-bond acceptors (Lipinski definition) is 4. The van der Waals surface area contributed by atoms with Crippen LogP contribution >= 0.6 is 0 Å². The van der Waals surface area contributed by atoms with Gasteiger partial charge in [0.2, 0.25) is 15.9 Å². The van der Waals surface area contributed by atoms with Crippen LogP contribution in [0.5, 0.6) is 5.75 Å². The van der Waals surface area contributed by atoms with E-state index in [1.54, 1.807) is 7.11 Å². The lowest BCUT2D eigenvalue weighted by Gasteiger charge is -2.20. The maximum Gasteiger partial charge on any atom is 0.239 e. The van der Waals surface area contributed by atoms with Crippen molar-refractivity contribution in [3.8, 4) is 5.75 Å². The number of benzene rings is 2. The predicted octanol–water partition coefficient (Wildman–Crippen LogP) is 2.75. The van der Waals surface area contributed by atoms with E-state index >= 15 is 0 Å². The number of amides is 1. The first-order chi connectivity index (χ1) is 12.7. The highest BCUT2D eigenvalue weighted by atomic mass is 32.2. The van der Waals surface area contributed by atoms with Gasteiger partial charge in [-0.25, -0.2) is 8.42 Å². The zero-order chi connectivity index (χ0) is 20.0. The Morgan fingerprint density at radius 2 is 1.67 bits per heavy atom. The molecular formula is C20H26N2O4S. The molecule has 0 bridgehead atoms. The highest BCUT2D eigenvalue weighted by Crippen LogP contribution is 2.19. The smallest absolute Gasteiger partial charge is 0.239 e. The van der Waals surface area contributed by atoms with Crippen molar-refractivity contribution in [1.82, 2.24) is 4.31 Å². The lowest BCUT2D eigenvalue weighted by molar-refractivity contribution is -0.116. The van der Waals surface area contributed by atoms with Gasteiger partial charge in [-0.05, 0) is 49.1 Å². The van der Waals surface area contributed by atoms with Gasteiger partial charge in [-0.15, -0.1) is 0 Å². The van der Waals surface area contributed by atoms with E-state index in [2.05, 4.69) is 5.32 Å². The van der Waals surface area contributed by atoms with Crippen molar-refractivity contribution in [2.45, 2.75) is 20.3 Å². The van der Waals surface area contributed by atoms with Crippen LogP contribution in [0.2, 0.25) is 0 Å². The maximum atomic E-state index is 12.4. The third kappa shape index (κ3) is 6.08. The fourth-order valence-corrected chi connectivity index (χ4v) is 3.53. The number of nitrogens with one attached hydrogen (secondary N) is 1. The monoisotopic (exact) mass is 390 g/mol. The van der Waals surface area contributed by atoms with Crippen molar-refractivity contribution >= 4 is 21.6 Å². The first-order valence-corrected chi connectivity index (χ1v) is 10.5. The average molecular weight is 391 g/mol. The van der Waals surface area contributed by atoms with Gasteiger partial charge in [0.15, 0.2) is 0 Å².